The summed E-state index contributed by atoms with van der Waals surface area (Å²) >= 11 is 0. The van der Waals surface area contributed by atoms with Gasteiger partial charge in [-0.05, 0) is 50.0 Å². The van der Waals surface area contributed by atoms with E-state index < -0.39 is 6.10 Å². The topological polar surface area (TPSA) is 73.8 Å². The summed E-state index contributed by atoms with van der Waals surface area (Å²) in [5.74, 6) is 0.821. The van der Waals surface area contributed by atoms with Crippen LogP contribution >= 0.6 is 24.8 Å². The Labute approximate surface area is 173 Å². The van der Waals surface area contributed by atoms with Crippen LogP contribution in [0.1, 0.15) is 37.3 Å². The zero-order chi connectivity index (χ0) is 17.6. The van der Waals surface area contributed by atoms with E-state index in [1.807, 2.05) is 12.1 Å². The number of hydrogen-bond donors (Lipinski definition) is 3. The number of amides is 1. The van der Waals surface area contributed by atoms with E-state index in [9.17, 15) is 9.90 Å². The predicted octanol–water partition coefficient (Wildman–Crippen LogP) is 1.90. The molecule has 0 radical (unpaired) electrons. The van der Waals surface area contributed by atoms with Gasteiger partial charge in [-0.3, -0.25) is 9.69 Å². The smallest absolute Gasteiger partial charge is 0.237 e. The molecule has 27 heavy (non-hydrogen) atoms. The van der Waals surface area contributed by atoms with E-state index in [0.29, 0.717) is 19.5 Å². The van der Waals surface area contributed by atoms with E-state index in [0.717, 1.165) is 18.8 Å². The number of halogens is 2. The monoisotopic (exact) mass is 419 g/mol. The molecule has 2 saturated heterocycles. The van der Waals surface area contributed by atoms with Gasteiger partial charge in [0.2, 0.25) is 5.91 Å². The van der Waals surface area contributed by atoms with E-state index in [-0.39, 0.29) is 42.8 Å². The van der Waals surface area contributed by atoms with Gasteiger partial charge >= 0.3 is 0 Å². The zero-order valence-corrected chi connectivity index (χ0v) is 17.4. The first-order chi connectivity index (χ1) is 12.2. The summed E-state index contributed by atoms with van der Waals surface area (Å²) in [6.07, 6.45) is 3.76. The second-order valence-corrected chi connectivity index (χ2v) is 6.98. The van der Waals surface area contributed by atoms with E-state index >= 15 is 0 Å². The van der Waals surface area contributed by atoms with Gasteiger partial charge in [-0.25, -0.2) is 0 Å². The predicted molar refractivity (Wildman–Crippen MR) is 111 cm³/mol. The van der Waals surface area contributed by atoms with Gasteiger partial charge in [-0.1, -0.05) is 18.6 Å². The van der Waals surface area contributed by atoms with Crippen LogP contribution in [-0.2, 0) is 4.79 Å². The molecular formula is C19H31Cl2N3O3. The number of likely N-dealkylation sites (tertiary alicyclic amines) is 1. The number of hydrogen-bond acceptors (Lipinski definition) is 5. The van der Waals surface area contributed by atoms with Crippen LogP contribution in [-0.4, -0.2) is 61.3 Å². The highest BCUT2D eigenvalue weighted by Crippen LogP contribution is 2.26. The number of nitrogens with one attached hydrogen (secondary N) is 2. The standard InChI is InChI=1S/C19H29N3O3.2ClH/c1-25-16-7-5-14(6-8-16)18(22-9-3-2-4-10-22)13-21-19(24)17-11-15(23)12-20-17;;/h5-8,15,17-18,20,23H,2-4,9-13H2,1H3,(H,21,24);2*1H. The highest BCUT2D eigenvalue weighted by molar-refractivity contribution is 5.85. The van der Waals surface area contributed by atoms with Crippen molar-refractivity contribution >= 4 is 30.7 Å². The van der Waals surface area contributed by atoms with Crippen molar-refractivity contribution in [2.75, 3.05) is 33.3 Å². The second-order valence-electron chi connectivity index (χ2n) is 6.98. The average Bonchev–Trinajstić information content (AvgIpc) is 3.10. The van der Waals surface area contributed by atoms with Gasteiger partial charge in [-0.2, -0.15) is 0 Å². The minimum atomic E-state index is -0.421. The number of β-amino-alcohol motifs (C(OH)–C–C–N with tert-alkyl or cyclic N) is 1. The number of benzene rings is 1. The molecule has 8 heteroatoms. The lowest BCUT2D eigenvalue weighted by molar-refractivity contribution is -0.123. The number of aliphatic hydroxyl groups is 1. The van der Waals surface area contributed by atoms with E-state index in [2.05, 4.69) is 27.7 Å². The fourth-order valence-corrected chi connectivity index (χ4v) is 3.75. The van der Waals surface area contributed by atoms with Crippen LogP contribution in [0.25, 0.3) is 0 Å². The van der Waals surface area contributed by atoms with E-state index in [1.54, 1.807) is 7.11 Å². The number of carbonyl (C=O) groups excluding carboxylic acids is 1. The Morgan fingerprint density at radius 3 is 2.48 bits per heavy atom. The van der Waals surface area contributed by atoms with Crippen LogP contribution in [0.15, 0.2) is 24.3 Å². The van der Waals surface area contributed by atoms with Crippen LogP contribution < -0.4 is 15.4 Å². The molecule has 0 bridgehead atoms. The number of aliphatic hydroxyl groups excluding tert-OH is 1. The average molecular weight is 420 g/mol. The maximum atomic E-state index is 12.4. The van der Waals surface area contributed by atoms with Crippen LogP contribution in [0.5, 0.6) is 5.75 Å². The lowest BCUT2D eigenvalue weighted by Crippen LogP contribution is -2.45. The summed E-state index contributed by atoms with van der Waals surface area (Å²) in [7, 11) is 1.67. The van der Waals surface area contributed by atoms with E-state index in [4.69, 9.17) is 4.74 Å². The Kier molecular flexibility index (Phi) is 10.4. The van der Waals surface area contributed by atoms with Crippen LogP contribution in [0.4, 0.5) is 0 Å². The van der Waals surface area contributed by atoms with Crippen molar-refractivity contribution in [2.45, 2.75) is 43.9 Å². The molecule has 1 aromatic carbocycles. The molecule has 3 rings (SSSR count). The molecule has 1 aromatic rings. The molecule has 0 aliphatic carbocycles. The highest BCUT2D eigenvalue weighted by atomic mass is 35.5. The molecule has 2 aliphatic rings. The summed E-state index contributed by atoms with van der Waals surface area (Å²) < 4.78 is 5.25. The SMILES string of the molecule is COc1ccc(C(CNC(=O)C2CC(O)CN2)N2CCCCC2)cc1.Cl.Cl. The fraction of sp³-hybridized carbons (Fsp3) is 0.632. The van der Waals surface area contributed by atoms with Gasteiger partial charge in [0, 0.05) is 13.1 Å². The summed E-state index contributed by atoms with van der Waals surface area (Å²) in [5, 5.41) is 15.8. The zero-order valence-electron chi connectivity index (χ0n) is 15.7. The molecule has 2 aliphatic heterocycles. The minimum absolute atomic E-state index is 0. The van der Waals surface area contributed by atoms with Gasteiger partial charge in [-0.15, -0.1) is 24.8 Å². The Morgan fingerprint density at radius 2 is 1.93 bits per heavy atom. The Bertz CT molecular complexity index is 568. The Morgan fingerprint density at radius 1 is 1.26 bits per heavy atom. The molecule has 3 N–H and O–H groups in total. The fourth-order valence-electron chi connectivity index (χ4n) is 3.75. The third kappa shape index (κ3) is 6.50. The molecule has 6 nitrogen and oxygen atoms in total. The summed E-state index contributed by atoms with van der Waals surface area (Å²) in [5.41, 5.74) is 1.20. The summed E-state index contributed by atoms with van der Waals surface area (Å²) in [6.45, 7) is 3.20. The lowest BCUT2D eigenvalue weighted by Gasteiger charge is -2.35. The van der Waals surface area contributed by atoms with Crippen molar-refractivity contribution in [1.29, 1.82) is 0 Å². The molecular weight excluding hydrogens is 389 g/mol. The van der Waals surface area contributed by atoms with Crippen molar-refractivity contribution in [2.24, 2.45) is 0 Å². The number of methoxy groups -OCH3 is 1. The Balaban J connectivity index is 0.00000182. The molecule has 1 amide bonds. The third-order valence-corrected chi connectivity index (χ3v) is 5.23. The maximum Gasteiger partial charge on any atom is 0.237 e. The van der Waals surface area contributed by atoms with Crippen molar-refractivity contribution in [1.82, 2.24) is 15.5 Å². The van der Waals surface area contributed by atoms with Crippen molar-refractivity contribution < 1.29 is 14.6 Å². The number of rotatable bonds is 6. The molecule has 2 heterocycles. The van der Waals surface area contributed by atoms with Gasteiger partial charge in [0.15, 0.2) is 0 Å². The molecule has 3 atom stereocenters. The lowest BCUT2D eigenvalue weighted by atomic mass is 10.0. The van der Waals surface area contributed by atoms with Gasteiger partial charge in [0.25, 0.3) is 0 Å². The number of piperidine rings is 1. The molecule has 0 saturated carbocycles. The minimum Gasteiger partial charge on any atom is -0.497 e. The number of carbonyl (C=O) groups is 1. The Hall–Kier alpha value is -1.05. The van der Waals surface area contributed by atoms with Crippen LogP contribution in [0, 0.1) is 0 Å². The molecule has 0 aromatic heterocycles. The van der Waals surface area contributed by atoms with Crippen LogP contribution in [0.2, 0.25) is 0 Å². The largest absolute Gasteiger partial charge is 0.497 e. The van der Waals surface area contributed by atoms with Gasteiger partial charge in [0.1, 0.15) is 5.75 Å². The quantitative estimate of drug-likeness (QED) is 0.656. The molecule has 2 fully saturated rings. The first-order valence-corrected chi connectivity index (χ1v) is 9.24. The molecule has 0 spiro atoms. The van der Waals surface area contributed by atoms with Gasteiger partial charge < -0.3 is 20.5 Å². The first-order valence-electron chi connectivity index (χ1n) is 9.24. The van der Waals surface area contributed by atoms with Crippen LogP contribution in [0.3, 0.4) is 0 Å². The molecule has 3 unspecified atom stereocenters. The third-order valence-electron chi connectivity index (χ3n) is 5.23. The van der Waals surface area contributed by atoms with Gasteiger partial charge in [0.05, 0.1) is 25.3 Å². The van der Waals surface area contributed by atoms with Crippen molar-refractivity contribution in [3.8, 4) is 5.75 Å². The maximum absolute atomic E-state index is 12.4. The number of nitrogens with zero attached hydrogens (tertiary/aromatic N) is 1. The summed E-state index contributed by atoms with van der Waals surface area (Å²) in [6, 6.07) is 8.00. The van der Waals surface area contributed by atoms with Crippen molar-refractivity contribution in [3.63, 3.8) is 0 Å². The normalized spacial score (nSPS) is 23.6. The number of ether oxygens (including phenoxy) is 1. The molecule has 154 valence electrons. The first kappa shape index (κ1) is 24.0. The summed E-state index contributed by atoms with van der Waals surface area (Å²) in [4.78, 5) is 14.8. The highest BCUT2D eigenvalue weighted by Gasteiger charge is 2.29. The second kappa shape index (κ2) is 11.7. The van der Waals surface area contributed by atoms with Crippen molar-refractivity contribution in [3.05, 3.63) is 29.8 Å². The van der Waals surface area contributed by atoms with E-state index in [1.165, 1.54) is 24.8 Å².